The topological polar surface area (TPSA) is 32.3 Å². The summed E-state index contributed by atoms with van der Waals surface area (Å²) in [6.45, 7) is 4.90. The number of nitrogens with one attached hydrogen (secondary N) is 1. The summed E-state index contributed by atoms with van der Waals surface area (Å²) in [7, 11) is 0. The highest BCUT2D eigenvalue weighted by Crippen LogP contribution is 2.38. The van der Waals surface area contributed by atoms with E-state index >= 15 is 0 Å². The largest absolute Gasteiger partial charge is 0.508 e. The maximum absolute atomic E-state index is 10.6. The number of halogens is 3. The molecule has 0 spiro atoms. The van der Waals surface area contributed by atoms with Crippen molar-refractivity contribution in [3.05, 3.63) is 75.8 Å². The van der Waals surface area contributed by atoms with Crippen LogP contribution in [0.1, 0.15) is 30.9 Å². The summed E-state index contributed by atoms with van der Waals surface area (Å²) in [5, 5.41) is 17.3. The molecular weight excluding hydrogens is 389 g/mol. The number of benzene rings is 3. The molecule has 3 rings (SSSR count). The Morgan fingerprint density at radius 1 is 0.962 bits per heavy atom. The number of phenolic OH excluding ortho intramolecular Hbond substituents is 1. The second-order valence-corrected chi connectivity index (χ2v) is 7.32. The van der Waals surface area contributed by atoms with Crippen molar-refractivity contribution in [1.82, 2.24) is 5.32 Å². The van der Waals surface area contributed by atoms with E-state index in [1.165, 1.54) is 0 Å². The fourth-order valence-electron chi connectivity index (χ4n) is 3.12. The average molecular weight is 411 g/mol. The highest BCUT2D eigenvalue weighted by Gasteiger charge is 2.21. The van der Waals surface area contributed by atoms with Gasteiger partial charge in [0.15, 0.2) is 0 Å². The quantitative estimate of drug-likeness (QED) is 0.510. The molecule has 0 saturated carbocycles. The zero-order valence-corrected chi connectivity index (χ0v) is 17.0. The standard InChI is InChI=1S/C21H21Cl2NO.ClH/c1-13(2)24-12-17(15-7-9-18(22)19(23)11-15)21-16-6-4-3-5-14(16)8-10-20(21)25;/h3-11,13,17,24-25H,12H2,1-2H3;1H. The van der Waals surface area contributed by atoms with Gasteiger partial charge in [-0.15, -0.1) is 12.4 Å². The molecule has 1 unspecified atom stereocenters. The van der Waals surface area contributed by atoms with E-state index in [4.69, 9.17) is 23.2 Å². The molecule has 26 heavy (non-hydrogen) atoms. The summed E-state index contributed by atoms with van der Waals surface area (Å²) >= 11 is 12.3. The summed E-state index contributed by atoms with van der Waals surface area (Å²) in [5.74, 6) is 0.253. The van der Waals surface area contributed by atoms with Gasteiger partial charge in [-0.2, -0.15) is 0 Å². The normalized spacial score (nSPS) is 12.2. The van der Waals surface area contributed by atoms with Crippen molar-refractivity contribution < 1.29 is 5.11 Å². The fourth-order valence-corrected chi connectivity index (χ4v) is 3.43. The van der Waals surface area contributed by atoms with Gasteiger partial charge in [0.05, 0.1) is 10.0 Å². The van der Waals surface area contributed by atoms with Gasteiger partial charge in [-0.05, 0) is 34.5 Å². The number of phenols is 1. The van der Waals surface area contributed by atoms with Crippen LogP contribution in [0.5, 0.6) is 5.75 Å². The first-order chi connectivity index (χ1) is 12.0. The Morgan fingerprint density at radius 3 is 2.38 bits per heavy atom. The minimum absolute atomic E-state index is 0. The maximum atomic E-state index is 10.6. The summed E-state index contributed by atoms with van der Waals surface area (Å²) in [6.07, 6.45) is 0. The van der Waals surface area contributed by atoms with E-state index in [1.54, 1.807) is 6.07 Å². The van der Waals surface area contributed by atoms with Crippen LogP contribution in [-0.4, -0.2) is 17.7 Å². The minimum atomic E-state index is -0.0386. The van der Waals surface area contributed by atoms with E-state index in [0.717, 1.165) is 21.9 Å². The van der Waals surface area contributed by atoms with Crippen molar-refractivity contribution >= 4 is 46.4 Å². The Kier molecular flexibility index (Phi) is 7.19. The molecule has 0 aliphatic carbocycles. The fraction of sp³-hybridized carbons (Fsp3) is 0.238. The second-order valence-electron chi connectivity index (χ2n) is 6.51. The van der Waals surface area contributed by atoms with E-state index < -0.39 is 0 Å². The van der Waals surface area contributed by atoms with E-state index in [-0.39, 0.29) is 18.3 Å². The summed E-state index contributed by atoms with van der Waals surface area (Å²) < 4.78 is 0. The summed E-state index contributed by atoms with van der Waals surface area (Å²) in [4.78, 5) is 0. The Labute approximate surface area is 170 Å². The minimum Gasteiger partial charge on any atom is -0.508 e. The van der Waals surface area contributed by atoms with Crippen LogP contribution < -0.4 is 5.32 Å². The molecule has 0 radical (unpaired) electrons. The van der Waals surface area contributed by atoms with Crippen molar-refractivity contribution in [2.24, 2.45) is 0 Å². The van der Waals surface area contributed by atoms with Gasteiger partial charge < -0.3 is 10.4 Å². The van der Waals surface area contributed by atoms with E-state index in [0.29, 0.717) is 28.4 Å². The number of aromatic hydroxyl groups is 1. The molecule has 0 aromatic heterocycles. The molecule has 0 aliphatic heterocycles. The summed E-state index contributed by atoms with van der Waals surface area (Å²) in [6, 6.07) is 17.8. The smallest absolute Gasteiger partial charge is 0.120 e. The first-order valence-corrected chi connectivity index (χ1v) is 9.12. The van der Waals surface area contributed by atoms with E-state index in [2.05, 4.69) is 25.2 Å². The lowest BCUT2D eigenvalue weighted by Crippen LogP contribution is -2.28. The predicted molar refractivity (Wildman–Crippen MR) is 114 cm³/mol. The Morgan fingerprint density at radius 2 is 1.69 bits per heavy atom. The molecule has 0 aliphatic rings. The van der Waals surface area contributed by atoms with Crippen LogP contribution in [0.15, 0.2) is 54.6 Å². The highest BCUT2D eigenvalue weighted by molar-refractivity contribution is 6.42. The number of fused-ring (bicyclic) bond motifs is 1. The Hall–Kier alpha value is -1.45. The van der Waals surface area contributed by atoms with Crippen molar-refractivity contribution in [3.8, 4) is 5.75 Å². The van der Waals surface area contributed by atoms with Gasteiger partial charge in [-0.1, -0.05) is 73.4 Å². The zero-order chi connectivity index (χ0) is 18.0. The van der Waals surface area contributed by atoms with Gasteiger partial charge >= 0.3 is 0 Å². The lowest BCUT2D eigenvalue weighted by molar-refractivity contribution is 0.461. The van der Waals surface area contributed by atoms with Crippen LogP contribution >= 0.6 is 35.6 Å². The van der Waals surface area contributed by atoms with Crippen LogP contribution in [0.3, 0.4) is 0 Å². The molecule has 2 nitrogen and oxygen atoms in total. The molecule has 0 fully saturated rings. The molecule has 5 heteroatoms. The van der Waals surface area contributed by atoms with Crippen LogP contribution in [0.25, 0.3) is 10.8 Å². The van der Waals surface area contributed by atoms with Crippen LogP contribution in [-0.2, 0) is 0 Å². The lowest BCUT2D eigenvalue weighted by atomic mass is 9.87. The molecule has 1 atom stereocenters. The highest BCUT2D eigenvalue weighted by atomic mass is 35.5. The number of rotatable bonds is 5. The molecule has 3 aromatic carbocycles. The number of hydrogen-bond donors (Lipinski definition) is 2. The molecule has 138 valence electrons. The maximum Gasteiger partial charge on any atom is 0.120 e. The van der Waals surface area contributed by atoms with Crippen LogP contribution in [0.4, 0.5) is 0 Å². The lowest BCUT2D eigenvalue weighted by Gasteiger charge is -2.23. The zero-order valence-electron chi connectivity index (χ0n) is 14.7. The molecular formula is C21H22Cl3NO. The predicted octanol–water partition coefficient (Wildman–Crippen LogP) is 6.40. The van der Waals surface area contributed by atoms with Gasteiger partial charge in [-0.25, -0.2) is 0 Å². The molecule has 0 heterocycles. The van der Waals surface area contributed by atoms with E-state index in [9.17, 15) is 5.11 Å². The van der Waals surface area contributed by atoms with Crippen molar-refractivity contribution in [2.45, 2.75) is 25.8 Å². The third-order valence-corrected chi connectivity index (χ3v) is 5.11. The molecule has 3 aromatic rings. The summed E-state index contributed by atoms with van der Waals surface area (Å²) in [5.41, 5.74) is 1.93. The third-order valence-electron chi connectivity index (χ3n) is 4.37. The molecule has 2 N–H and O–H groups in total. The Bertz CT molecular complexity index is 896. The third kappa shape index (κ3) is 4.44. The first kappa shape index (κ1) is 20.9. The SMILES string of the molecule is CC(C)NCC(c1ccc(Cl)c(Cl)c1)c1c(O)ccc2ccccc12.Cl. The monoisotopic (exact) mass is 409 g/mol. The average Bonchev–Trinajstić information content (AvgIpc) is 2.59. The van der Waals surface area contributed by atoms with Crippen molar-refractivity contribution in [1.29, 1.82) is 0 Å². The van der Waals surface area contributed by atoms with Crippen molar-refractivity contribution in [2.75, 3.05) is 6.54 Å². The molecule has 0 bridgehead atoms. The van der Waals surface area contributed by atoms with Crippen LogP contribution in [0.2, 0.25) is 10.0 Å². The van der Waals surface area contributed by atoms with Crippen LogP contribution in [0, 0.1) is 0 Å². The second kappa shape index (κ2) is 8.96. The van der Waals surface area contributed by atoms with Gasteiger partial charge in [0.2, 0.25) is 0 Å². The number of hydrogen-bond acceptors (Lipinski definition) is 2. The first-order valence-electron chi connectivity index (χ1n) is 8.36. The van der Waals surface area contributed by atoms with E-state index in [1.807, 2.05) is 42.5 Å². The van der Waals surface area contributed by atoms with Crippen molar-refractivity contribution in [3.63, 3.8) is 0 Å². The van der Waals surface area contributed by atoms with Gasteiger partial charge in [0.25, 0.3) is 0 Å². The van der Waals surface area contributed by atoms with Gasteiger partial charge in [-0.3, -0.25) is 0 Å². The van der Waals surface area contributed by atoms with Gasteiger partial charge in [0, 0.05) is 24.1 Å². The molecule has 0 amide bonds. The van der Waals surface area contributed by atoms with Gasteiger partial charge in [0.1, 0.15) is 5.75 Å². The molecule has 0 saturated heterocycles. The Balaban J connectivity index is 0.00000243.